The van der Waals surface area contributed by atoms with Crippen molar-refractivity contribution in [1.29, 1.82) is 0 Å². The molecule has 0 saturated carbocycles. The van der Waals surface area contributed by atoms with Crippen LogP contribution in [-0.4, -0.2) is 12.2 Å². The number of carbonyl (C=O) groups excluding carboxylic acids is 1. The van der Waals surface area contributed by atoms with Crippen molar-refractivity contribution in [2.24, 2.45) is 0 Å². The number of halogens is 3. The van der Waals surface area contributed by atoms with Gasteiger partial charge in [0.05, 0.1) is 11.7 Å². The number of rotatable bonds is 4. The van der Waals surface area contributed by atoms with Crippen molar-refractivity contribution in [1.82, 2.24) is 0 Å². The minimum atomic E-state index is -4.56. The van der Waals surface area contributed by atoms with Crippen LogP contribution in [0, 0.1) is 0 Å². The quantitative estimate of drug-likeness (QED) is 0.843. The van der Waals surface area contributed by atoms with Crippen LogP contribution in [0.2, 0.25) is 0 Å². The molecule has 0 aliphatic carbocycles. The van der Waals surface area contributed by atoms with Gasteiger partial charge < -0.3 is 9.47 Å². The number of anilines is 1. The van der Waals surface area contributed by atoms with Gasteiger partial charge in [-0.2, -0.15) is 13.2 Å². The van der Waals surface area contributed by atoms with Gasteiger partial charge in [-0.3, -0.25) is 5.32 Å². The molecule has 0 aliphatic rings. The molecule has 0 aromatic heterocycles. The predicted octanol–water partition coefficient (Wildman–Crippen LogP) is 5.10. The van der Waals surface area contributed by atoms with E-state index in [-0.39, 0.29) is 23.3 Å². The van der Waals surface area contributed by atoms with Crippen molar-refractivity contribution in [3.05, 3.63) is 54.1 Å². The Morgan fingerprint density at radius 2 is 1.71 bits per heavy atom. The van der Waals surface area contributed by atoms with E-state index in [1.165, 1.54) is 6.07 Å². The second kappa shape index (κ2) is 7.25. The lowest BCUT2D eigenvalue weighted by molar-refractivity contribution is -0.137. The fraction of sp³-hybridized carbons (Fsp3) is 0.235. The van der Waals surface area contributed by atoms with Crippen molar-refractivity contribution >= 4 is 11.8 Å². The summed E-state index contributed by atoms with van der Waals surface area (Å²) in [5.41, 5.74) is -0.989. The minimum absolute atomic E-state index is 0.00911. The van der Waals surface area contributed by atoms with Crippen LogP contribution in [0.3, 0.4) is 0 Å². The van der Waals surface area contributed by atoms with E-state index in [9.17, 15) is 18.0 Å². The number of benzene rings is 2. The molecule has 7 heteroatoms. The molecule has 2 aromatic carbocycles. The maximum absolute atomic E-state index is 13.0. The number of hydrogen-bond donors (Lipinski definition) is 1. The Bertz CT molecular complexity index is 700. The molecular formula is C17H16F3NO3. The number of amides is 1. The summed E-state index contributed by atoms with van der Waals surface area (Å²) >= 11 is 0. The predicted molar refractivity (Wildman–Crippen MR) is 83.3 cm³/mol. The molecule has 0 radical (unpaired) electrons. The number of carbonyl (C=O) groups is 1. The topological polar surface area (TPSA) is 47.6 Å². The van der Waals surface area contributed by atoms with E-state index in [1.54, 1.807) is 44.2 Å². The largest absolute Gasteiger partial charge is 0.491 e. The highest BCUT2D eigenvalue weighted by atomic mass is 19.4. The maximum atomic E-state index is 13.0. The van der Waals surface area contributed by atoms with Gasteiger partial charge in [0, 0.05) is 11.8 Å². The van der Waals surface area contributed by atoms with E-state index in [0.717, 1.165) is 12.1 Å². The van der Waals surface area contributed by atoms with E-state index in [0.29, 0.717) is 0 Å². The first-order valence-electron chi connectivity index (χ1n) is 7.17. The average Bonchev–Trinajstić information content (AvgIpc) is 2.46. The van der Waals surface area contributed by atoms with E-state index in [1.807, 2.05) is 0 Å². The Morgan fingerprint density at radius 1 is 1.04 bits per heavy atom. The molecule has 128 valence electrons. The van der Waals surface area contributed by atoms with Gasteiger partial charge in [0.25, 0.3) is 0 Å². The van der Waals surface area contributed by atoms with Gasteiger partial charge in [0.2, 0.25) is 0 Å². The van der Waals surface area contributed by atoms with Crippen LogP contribution in [0.15, 0.2) is 48.5 Å². The summed E-state index contributed by atoms with van der Waals surface area (Å²) in [5, 5.41) is 2.28. The van der Waals surface area contributed by atoms with Gasteiger partial charge in [0.1, 0.15) is 11.5 Å². The molecule has 1 amide bonds. The van der Waals surface area contributed by atoms with Crippen LogP contribution in [-0.2, 0) is 6.18 Å². The summed E-state index contributed by atoms with van der Waals surface area (Å²) in [7, 11) is 0. The maximum Gasteiger partial charge on any atom is 0.417 e. The first-order chi connectivity index (χ1) is 11.2. The summed E-state index contributed by atoms with van der Waals surface area (Å²) in [6.07, 6.45) is -5.76. The van der Waals surface area contributed by atoms with Crippen LogP contribution < -0.4 is 14.8 Å². The van der Waals surface area contributed by atoms with Crippen LogP contribution in [0.25, 0.3) is 0 Å². The molecule has 0 unspecified atom stereocenters. The fourth-order valence-corrected chi connectivity index (χ4v) is 1.91. The molecule has 1 N–H and O–H groups in total. The summed E-state index contributed by atoms with van der Waals surface area (Å²) in [5.74, 6) is 0.287. The Morgan fingerprint density at radius 3 is 2.29 bits per heavy atom. The lowest BCUT2D eigenvalue weighted by Crippen LogP contribution is -2.18. The van der Waals surface area contributed by atoms with Gasteiger partial charge in [-0.15, -0.1) is 0 Å². The second-order valence-electron chi connectivity index (χ2n) is 5.24. The molecule has 0 atom stereocenters. The van der Waals surface area contributed by atoms with Crippen LogP contribution in [0.1, 0.15) is 19.4 Å². The smallest absolute Gasteiger partial charge is 0.417 e. The minimum Gasteiger partial charge on any atom is -0.491 e. The molecule has 0 bridgehead atoms. The van der Waals surface area contributed by atoms with Crippen LogP contribution >= 0.6 is 0 Å². The lowest BCUT2D eigenvalue weighted by Gasteiger charge is -2.15. The number of para-hydroxylation sites is 1. The van der Waals surface area contributed by atoms with Crippen molar-refractivity contribution < 1.29 is 27.4 Å². The van der Waals surface area contributed by atoms with Gasteiger partial charge in [0.15, 0.2) is 0 Å². The number of ether oxygens (including phenoxy) is 2. The molecule has 2 rings (SSSR count). The van der Waals surface area contributed by atoms with E-state index in [2.05, 4.69) is 5.32 Å². The third kappa shape index (κ3) is 5.19. The highest BCUT2D eigenvalue weighted by Crippen LogP contribution is 2.34. The van der Waals surface area contributed by atoms with Crippen molar-refractivity contribution in [2.45, 2.75) is 26.1 Å². The highest BCUT2D eigenvalue weighted by molar-refractivity contribution is 5.86. The van der Waals surface area contributed by atoms with Crippen LogP contribution in [0.5, 0.6) is 11.5 Å². The van der Waals surface area contributed by atoms with Crippen molar-refractivity contribution in [3.63, 3.8) is 0 Å². The third-order valence-corrected chi connectivity index (χ3v) is 2.81. The zero-order valence-electron chi connectivity index (χ0n) is 13.1. The summed E-state index contributed by atoms with van der Waals surface area (Å²) in [6.45, 7) is 3.38. The zero-order valence-corrected chi connectivity index (χ0v) is 13.1. The Kier molecular flexibility index (Phi) is 5.33. The monoisotopic (exact) mass is 339 g/mol. The molecule has 0 fully saturated rings. The molecular weight excluding hydrogens is 323 g/mol. The Labute approximate surface area is 137 Å². The van der Waals surface area contributed by atoms with Gasteiger partial charge in [-0.1, -0.05) is 18.2 Å². The Balaban J connectivity index is 2.20. The number of hydrogen-bond acceptors (Lipinski definition) is 3. The average molecular weight is 339 g/mol. The first-order valence-corrected chi connectivity index (χ1v) is 7.17. The molecule has 0 spiro atoms. The fourth-order valence-electron chi connectivity index (χ4n) is 1.91. The normalized spacial score (nSPS) is 11.2. The van der Waals surface area contributed by atoms with Gasteiger partial charge in [-0.05, 0) is 38.1 Å². The summed E-state index contributed by atoms with van der Waals surface area (Å²) in [4.78, 5) is 11.8. The molecule has 24 heavy (non-hydrogen) atoms. The molecule has 4 nitrogen and oxygen atoms in total. The highest BCUT2D eigenvalue weighted by Gasteiger charge is 2.31. The summed E-state index contributed by atoms with van der Waals surface area (Å²) in [6, 6.07) is 11.2. The van der Waals surface area contributed by atoms with Crippen molar-refractivity contribution in [2.75, 3.05) is 5.32 Å². The SMILES string of the molecule is CC(C)Oc1cc(NC(=O)Oc2ccccc2)cc(C(F)(F)F)c1. The van der Waals surface area contributed by atoms with E-state index in [4.69, 9.17) is 9.47 Å². The second-order valence-corrected chi connectivity index (χ2v) is 5.24. The Hall–Kier alpha value is -2.70. The standard InChI is InChI=1S/C17H16F3NO3/c1-11(2)23-15-9-12(17(18,19)20)8-13(10-15)21-16(22)24-14-6-4-3-5-7-14/h3-11H,1-2H3,(H,21,22). The van der Waals surface area contributed by atoms with E-state index >= 15 is 0 Å². The molecule has 2 aromatic rings. The lowest BCUT2D eigenvalue weighted by atomic mass is 10.1. The first kappa shape index (κ1) is 17.7. The van der Waals surface area contributed by atoms with Gasteiger partial charge in [-0.25, -0.2) is 4.79 Å². The van der Waals surface area contributed by atoms with Crippen LogP contribution in [0.4, 0.5) is 23.7 Å². The molecule has 0 saturated heterocycles. The zero-order chi connectivity index (χ0) is 17.7. The third-order valence-electron chi connectivity index (χ3n) is 2.81. The van der Waals surface area contributed by atoms with Gasteiger partial charge >= 0.3 is 12.3 Å². The summed E-state index contributed by atoms with van der Waals surface area (Å²) < 4.78 is 49.2. The van der Waals surface area contributed by atoms with E-state index < -0.39 is 17.8 Å². The molecule has 0 heterocycles. The number of nitrogens with one attached hydrogen (secondary N) is 1. The molecule has 0 aliphatic heterocycles. The van der Waals surface area contributed by atoms with Crippen molar-refractivity contribution in [3.8, 4) is 11.5 Å². The number of alkyl halides is 3.